The quantitative estimate of drug-likeness (QED) is 0.409. The van der Waals surface area contributed by atoms with Crippen LogP contribution in [-0.2, 0) is 0 Å². The molecule has 0 aromatic carbocycles. The van der Waals surface area contributed by atoms with E-state index < -0.39 is 0 Å². The Kier molecular flexibility index (Phi) is 7.13. The Balaban J connectivity index is 3.37. The molecule has 0 spiro atoms. The van der Waals surface area contributed by atoms with E-state index in [1.165, 1.54) is 0 Å². The minimum Gasteiger partial charge on any atom is -0.0991 e. The molecule has 0 aliphatic rings. The molecule has 0 N–H and O–H groups in total. The number of hydrogen-bond acceptors (Lipinski definition) is 0. The molecule has 0 unspecified atom stereocenters. The molecule has 0 bridgehead atoms. The van der Waals surface area contributed by atoms with Crippen LogP contribution in [0.15, 0.2) is 49.1 Å². The maximum Gasteiger partial charge on any atom is -0.0166 e. The number of rotatable bonds is 4. The molecule has 0 heteroatoms. The lowest BCUT2D eigenvalue weighted by Gasteiger charge is -1.76. The maximum absolute atomic E-state index is 3.56. The Bertz CT molecular complexity index is 147. The van der Waals surface area contributed by atoms with Crippen LogP contribution >= 0.6 is 0 Å². The molecule has 10 heavy (non-hydrogen) atoms. The van der Waals surface area contributed by atoms with Crippen LogP contribution in [0.3, 0.4) is 0 Å². The minimum atomic E-state index is 1.01. The van der Waals surface area contributed by atoms with Gasteiger partial charge in [-0.25, -0.2) is 0 Å². The van der Waals surface area contributed by atoms with Crippen LogP contribution in [0.4, 0.5) is 0 Å². The van der Waals surface area contributed by atoms with Gasteiger partial charge in [-0.05, 0) is 13.3 Å². The minimum absolute atomic E-state index is 1.01. The summed E-state index contributed by atoms with van der Waals surface area (Å²) in [6, 6.07) is 0. The first-order valence-electron chi connectivity index (χ1n) is 3.47. The Morgan fingerprint density at radius 1 is 1.10 bits per heavy atom. The first kappa shape index (κ1) is 8.96. The lowest BCUT2D eigenvalue weighted by molar-refractivity contribution is 1.38. The summed E-state index contributed by atoms with van der Waals surface area (Å²) in [5.41, 5.74) is 0. The highest BCUT2D eigenvalue weighted by atomic mass is 13.7. The first-order valence-corrected chi connectivity index (χ1v) is 3.47. The summed E-state index contributed by atoms with van der Waals surface area (Å²) >= 11 is 0. The van der Waals surface area contributed by atoms with Gasteiger partial charge in [0.05, 0.1) is 0 Å². The topological polar surface area (TPSA) is 0 Å². The van der Waals surface area contributed by atoms with Gasteiger partial charge in [0.2, 0.25) is 0 Å². The predicted octanol–water partition coefficient (Wildman–Crippen LogP) is 3.25. The van der Waals surface area contributed by atoms with Crippen molar-refractivity contribution in [2.45, 2.75) is 13.3 Å². The highest BCUT2D eigenvalue weighted by molar-refractivity contribution is 5.09. The van der Waals surface area contributed by atoms with E-state index in [4.69, 9.17) is 0 Å². The van der Waals surface area contributed by atoms with Gasteiger partial charge in [-0.2, -0.15) is 0 Å². The molecule has 0 nitrogen and oxygen atoms in total. The molecule has 0 rings (SSSR count). The van der Waals surface area contributed by atoms with Crippen molar-refractivity contribution >= 4 is 0 Å². The van der Waals surface area contributed by atoms with Crippen molar-refractivity contribution in [3.8, 4) is 0 Å². The van der Waals surface area contributed by atoms with Crippen molar-refractivity contribution in [2.24, 2.45) is 0 Å². The predicted molar refractivity (Wildman–Crippen MR) is 47.9 cm³/mol. The van der Waals surface area contributed by atoms with Gasteiger partial charge in [-0.3, -0.25) is 0 Å². The zero-order valence-electron chi connectivity index (χ0n) is 6.46. The highest BCUT2D eigenvalue weighted by Gasteiger charge is 1.64. The Hall–Kier alpha value is -1.04. The van der Waals surface area contributed by atoms with E-state index >= 15 is 0 Å². The Morgan fingerprint density at radius 3 is 2.50 bits per heavy atom. The van der Waals surface area contributed by atoms with Crippen LogP contribution in [0, 0.1) is 0 Å². The van der Waals surface area contributed by atoms with Gasteiger partial charge in [0.25, 0.3) is 0 Å². The lowest BCUT2D eigenvalue weighted by Crippen LogP contribution is -1.55. The van der Waals surface area contributed by atoms with Crippen LogP contribution in [-0.4, -0.2) is 0 Å². The van der Waals surface area contributed by atoms with Gasteiger partial charge in [-0.1, -0.05) is 49.1 Å². The summed E-state index contributed by atoms with van der Waals surface area (Å²) in [6.07, 6.45) is 14.9. The third-order valence-corrected chi connectivity index (χ3v) is 1.00. The summed E-state index contributed by atoms with van der Waals surface area (Å²) in [6.45, 7) is 5.58. The normalized spacial score (nSPS) is 12.1. The Labute approximate surface area is 63.3 Å². The van der Waals surface area contributed by atoms with Gasteiger partial charge in [0, 0.05) is 0 Å². The summed E-state index contributed by atoms with van der Waals surface area (Å²) in [4.78, 5) is 0. The standard InChI is InChI=1S/C10H14/c1-3-5-7-9-10-8-6-4-2/h3-7,9-10H,1,8H2,2H3/b6-4+,7-5+,10-9+. The fraction of sp³-hybridized carbons (Fsp3) is 0.200. The SMILES string of the molecule is C=C/C=C/C=C/C/C=C/C. The van der Waals surface area contributed by atoms with Gasteiger partial charge < -0.3 is 0 Å². The molecule has 0 fully saturated rings. The van der Waals surface area contributed by atoms with Gasteiger partial charge in [-0.15, -0.1) is 0 Å². The largest absolute Gasteiger partial charge is 0.0991 e. The molecule has 0 aliphatic heterocycles. The fourth-order valence-corrected chi connectivity index (χ4v) is 0.515. The van der Waals surface area contributed by atoms with E-state index in [1.807, 2.05) is 31.2 Å². The third-order valence-electron chi connectivity index (χ3n) is 1.00. The van der Waals surface area contributed by atoms with Crippen molar-refractivity contribution in [2.75, 3.05) is 0 Å². The van der Waals surface area contributed by atoms with Gasteiger partial charge in [0.1, 0.15) is 0 Å². The monoisotopic (exact) mass is 134 g/mol. The van der Waals surface area contributed by atoms with Gasteiger partial charge in [0.15, 0.2) is 0 Å². The maximum atomic E-state index is 3.56. The summed E-state index contributed by atoms with van der Waals surface area (Å²) < 4.78 is 0. The fourth-order valence-electron chi connectivity index (χ4n) is 0.515. The Morgan fingerprint density at radius 2 is 1.90 bits per heavy atom. The van der Waals surface area contributed by atoms with E-state index in [0.717, 1.165) is 6.42 Å². The first-order chi connectivity index (χ1) is 4.91. The van der Waals surface area contributed by atoms with Crippen LogP contribution < -0.4 is 0 Å². The van der Waals surface area contributed by atoms with Crippen molar-refractivity contribution < 1.29 is 0 Å². The van der Waals surface area contributed by atoms with Crippen molar-refractivity contribution in [1.29, 1.82) is 0 Å². The second kappa shape index (κ2) is 7.96. The molecule has 54 valence electrons. The molecule has 0 saturated carbocycles. The highest BCUT2D eigenvalue weighted by Crippen LogP contribution is 1.86. The van der Waals surface area contributed by atoms with E-state index in [2.05, 4.69) is 18.7 Å². The summed E-state index contributed by atoms with van der Waals surface area (Å²) in [7, 11) is 0. The molecular formula is C10H14. The molecule has 0 aromatic rings. The average molecular weight is 134 g/mol. The smallest absolute Gasteiger partial charge is 0.0166 e. The van der Waals surface area contributed by atoms with Gasteiger partial charge >= 0.3 is 0 Å². The van der Waals surface area contributed by atoms with Crippen LogP contribution in [0.25, 0.3) is 0 Å². The molecule has 0 saturated heterocycles. The molecule has 0 radical (unpaired) electrons. The molecular weight excluding hydrogens is 120 g/mol. The molecule has 0 amide bonds. The van der Waals surface area contributed by atoms with E-state index in [1.54, 1.807) is 6.08 Å². The molecule has 0 aliphatic carbocycles. The van der Waals surface area contributed by atoms with Crippen molar-refractivity contribution in [3.05, 3.63) is 49.1 Å². The second-order valence-electron chi connectivity index (χ2n) is 1.85. The molecule has 0 aromatic heterocycles. The van der Waals surface area contributed by atoms with Crippen LogP contribution in [0.2, 0.25) is 0 Å². The zero-order valence-corrected chi connectivity index (χ0v) is 6.46. The van der Waals surface area contributed by atoms with Crippen molar-refractivity contribution in [3.63, 3.8) is 0 Å². The summed E-state index contributed by atoms with van der Waals surface area (Å²) in [5, 5.41) is 0. The van der Waals surface area contributed by atoms with Crippen molar-refractivity contribution in [1.82, 2.24) is 0 Å². The number of allylic oxidation sites excluding steroid dienone is 7. The number of hydrogen-bond donors (Lipinski definition) is 0. The van der Waals surface area contributed by atoms with Crippen LogP contribution in [0.1, 0.15) is 13.3 Å². The van der Waals surface area contributed by atoms with E-state index in [9.17, 15) is 0 Å². The molecule has 0 atom stereocenters. The lowest BCUT2D eigenvalue weighted by atomic mass is 10.3. The average Bonchev–Trinajstić information content (AvgIpc) is 1.97. The van der Waals surface area contributed by atoms with Crippen LogP contribution in [0.5, 0.6) is 0 Å². The second-order valence-corrected chi connectivity index (χ2v) is 1.85. The van der Waals surface area contributed by atoms with E-state index in [-0.39, 0.29) is 0 Å². The van der Waals surface area contributed by atoms with E-state index in [0.29, 0.717) is 0 Å². The summed E-state index contributed by atoms with van der Waals surface area (Å²) in [5.74, 6) is 0. The zero-order chi connectivity index (χ0) is 7.66. The third kappa shape index (κ3) is 6.96. The molecule has 0 heterocycles.